The first-order valence-electron chi connectivity index (χ1n) is 5.68. The summed E-state index contributed by atoms with van der Waals surface area (Å²) in [7, 11) is 1.97. The van der Waals surface area contributed by atoms with Crippen molar-refractivity contribution in [2.45, 2.75) is 32.4 Å². The summed E-state index contributed by atoms with van der Waals surface area (Å²) >= 11 is 1.81. The van der Waals surface area contributed by atoms with Gasteiger partial charge in [0.15, 0.2) is 0 Å². The zero-order chi connectivity index (χ0) is 10.7. The van der Waals surface area contributed by atoms with Crippen LogP contribution in [-0.2, 0) is 6.54 Å². The highest BCUT2D eigenvalue weighted by Crippen LogP contribution is 2.33. The van der Waals surface area contributed by atoms with Crippen LogP contribution in [-0.4, -0.2) is 30.0 Å². The van der Waals surface area contributed by atoms with E-state index in [-0.39, 0.29) is 0 Å². The highest BCUT2D eigenvalue weighted by Gasteiger charge is 2.26. The topological polar surface area (TPSA) is 28.2 Å². The largest absolute Gasteiger partial charge is 0.314 e. The van der Waals surface area contributed by atoms with E-state index in [2.05, 4.69) is 22.5 Å². The van der Waals surface area contributed by atoms with Crippen molar-refractivity contribution in [2.24, 2.45) is 0 Å². The first kappa shape index (κ1) is 11.0. The van der Waals surface area contributed by atoms with Gasteiger partial charge in [-0.25, -0.2) is 4.98 Å². The third-order valence-electron chi connectivity index (χ3n) is 2.98. The van der Waals surface area contributed by atoms with Gasteiger partial charge >= 0.3 is 0 Å². The number of rotatable bonds is 4. The van der Waals surface area contributed by atoms with Crippen molar-refractivity contribution in [3.05, 3.63) is 16.1 Å². The second kappa shape index (κ2) is 5.05. The maximum atomic E-state index is 4.69. The Morgan fingerprint density at radius 3 is 3.27 bits per heavy atom. The maximum absolute atomic E-state index is 4.69. The zero-order valence-corrected chi connectivity index (χ0v) is 10.3. The molecule has 1 aromatic heterocycles. The number of aromatic nitrogens is 1. The fourth-order valence-electron chi connectivity index (χ4n) is 2.22. The molecule has 0 bridgehead atoms. The van der Waals surface area contributed by atoms with E-state index in [0.29, 0.717) is 6.04 Å². The van der Waals surface area contributed by atoms with Gasteiger partial charge in [-0.1, -0.05) is 6.92 Å². The van der Waals surface area contributed by atoms with Gasteiger partial charge in [-0.15, -0.1) is 11.3 Å². The Morgan fingerprint density at radius 1 is 1.67 bits per heavy atom. The summed E-state index contributed by atoms with van der Waals surface area (Å²) < 4.78 is 0. The van der Waals surface area contributed by atoms with Gasteiger partial charge in [-0.05, 0) is 33.0 Å². The number of hydrogen-bond acceptors (Lipinski definition) is 4. The molecule has 84 valence electrons. The molecule has 15 heavy (non-hydrogen) atoms. The number of likely N-dealkylation sites (tertiary alicyclic amines) is 1. The molecule has 3 nitrogen and oxygen atoms in total. The zero-order valence-electron chi connectivity index (χ0n) is 9.49. The molecule has 1 unspecified atom stereocenters. The average Bonchev–Trinajstić information content (AvgIpc) is 2.84. The van der Waals surface area contributed by atoms with Crippen molar-refractivity contribution in [3.8, 4) is 0 Å². The molecule has 1 aliphatic rings. The minimum atomic E-state index is 0.589. The number of thiazole rings is 1. The van der Waals surface area contributed by atoms with Crippen molar-refractivity contribution < 1.29 is 0 Å². The van der Waals surface area contributed by atoms with Gasteiger partial charge in [-0.3, -0.25) is 4.90 Å². The van der Waals surface area contributed by atoms with Gasteiger partial charge in [-0.2, -0.15) is 0 Å². The molecule has 0 spiro atoms. The van der Waals surface area contributed by atoms with E-state index in [1.54, 1.807) is 0 Å². The maximum Gasteiger partial charge on any atom is 0.110 e. The standard InChI is InChI=1S/C11H19N3S/c1-3-14-6-4-5-10(14)11-13-9(7-12-2)8-15-11/h8,10,12H,3-7H2,1-2H3. The SMILES string of the molecule is CCN1CCCC1c1nc(CNC)cs1. The quantitative estimate of drug-likeness (QED) is 0.849. The molecule has 0 radical (unpaired) electrons. The monoisotopic (exact) mass is 225 g/mol. The summed E-state index contributed by atoms with van der Waals surface area (Å²) in [6.45, 7) is 5.50. The molecular weight excluding hydrogens is 206 g/mol. The molecule has 1 aromatic rings. The molecule has 1 saturated heterocycles. The lowest BCUT2D eigenvalue weighted by Gasteiger charge is -2.20. The van der Waals surface area contributed by atoms with Crippen LogP contribution in [0.4, 0.5) is 0 Å². The molecule has 0 aliphatic carbocycles. The van der Waals surface area contributed by atoms with Gasteiger partial charge in [0.1, 0.15) is 5.01 Å². The van der Waals surface area contributed by atoms with Gasteiger partial charge in [0.2, 0.25) is 0 Å². The summed E-state index contributed by atoms with van der Waals surface area (Å²) in [4.78, 5) is 7.22. The van der Waals surface area contributed by atoms with Crippen LogP contribution in [0.3, 0.4) is 0 Å². The lowest BCUT2D eigenvalue weighted by atomic mass is 10.2. The first-order valence-corrected chi connectivity index (χ1v) is 6.56. The van der Waals surface area contributed by atoms with Crippen LogP contribution in [0.15, 0.2) is 5.38 Å². The van der Waals surface area contributed by atoms with Gasteiger partial charge < -0.3 is 5.32 Å². The predicted molar refractivity (Wildman–Crippen MR) is 64.1 cm³/mol. The van der Waals surface area contributed by atoms with E-state index >= 15 is 0 Å². The van der Waals surface area contributed by atoms with Crippen LogP contribution in [0, 0.1) is 0 Å². The van der Waals surface area contributed by atoms with E-state index in [1.807, 2.05) is 18.4 Å². The van der Waals surface area contributed by atoms with Gasteiger partial charge in [0.05, 0.1) is 11.7 Å². The van der Waals surface area contributed by atoms with Crippen LogP contribution in [0.25, 0.3) is 0 Å². The Hall–Kier alpha value is -0.450. The third kappa shape index (κ3) is 2.38. The van der Waals surface area contributed by atoms with Crippen molar-refractivity contribution >= 4 is 11.3 Å². The minimum absolute atomic E-state index is 0.589. The molecule has 2 rings (SSSR count). The molecular formula is C11H19N3S. The molecule has 2 heterocycles. The molecule has 1 aliphatic heterocycles. The van der Waals surface area contributed by atoms with E-state index in [1.165, 1.54) is 30.1 Å². The summed E-state index contributed by atoms with van der Waals surface area (Å²) in [6, 6.07) is 0.589. The first-order chi connectivity index (χ1) is 7.35. The molecule has 1 atom stereocenters. The molecule has 0 aromatic carbocycles. The van der Waals surface area contributed by atoms with E-state index in [9.17, 15) is 0 Å². The van der Waals surface area contributed by atoms with Crippen LogP contribution >= 0.6 is 11.3 Å². The normalized spacial score (nSPS) is 22.4. The second-order valence-electron chi connectivity index (χ2n) is 3.99. The Balaban J connectivity index is 2.07. The molecule has 0 saturated carbocycles. The van der Waals surface area contributed by atoms with Gasteiger partial charge in [0, 0.05) is 11.9 Å². The van der Waals surface area contributed by atoms with Gasteiger partial charge in [0.25, 0.3) is 0 Å². The molecule has 0 amide bonds. The summed E-state index contributed by atoms with van der Waals surface area (Å²) in [5, 5.41) is 6.63. The highest BCUT2D eigenvalue weighted by atomic mass is 32.1. The predicted octanol–water partition coefficient (Wildman–Crippen LogP) is 2.02. The van der Waals surface area contributed by atoms with Crippen LogP contribution in [0.1, 0.15) is 36.5 Å². The van der Waals surface area contributed by atoms with Crippen molar-refractivity contribution in [2.75, 3.05) is 20.1 Å². The Labute approximate surface area is 95.5 Å². The van der Waals surface area contributed by atoms with Crippen LogP contribution < -0.4 is 5.32 Å². The molecule has 4 heteroatoms. The van der Waals surface area contributed by atoms with Crippen LogP contribution in [0.5, 0.6) is 0 Å². The van der Waals surface area contributed by atoms with E-state index < -0.39 is 0 Å². The summed E-state index contributed by atoms with van der Waals surface area (Å²) in [5.41, 5.74) is 1.18. The minimum Gasteiger partial charge on any atom is -0.314 e. The Morgan fingerprint density at radius 2 is 2.53 bits per heavy atom. The number of hydrogen-bond donors (Lipinski definition) is 1. The lowest BCUT2D eigenvalue weighted by Crippen LogP contribution is -2.22. The second-order valence-corrected chi connectivity index (χ2v) is 4.88. The number of nitrogens with one attached hydrogen (secondary N) is 1. The highest BCUT2D eigenvalue weighted by molar-refractivity contribution is 7.09. The Bertz CT molecular complexity index is 311. The summed E-state index contributed by atoms with van der Waals surface area (Å²) in [6.07, 6.45) is 2.60. The molecule has 1 fully saturated rings. The van der Waals surface area contributed by atoms with Crippen molar-refractivity contribution in [1.82, 2.24) is 15.2 Å². The molecule has 1 N–H and O–H groups in total. The van der Waals surface area contributed by atoms with Crippen LogP contribution in [0.2, 0.25) is 0 Å². The van der Waals surface area contributed by atoms with Crippen molar-refractivity contribution in [3.63, 3.8) is 0 Å². The smallest absolute Gasteiger partial charge is 0.110 e. The fourth-order valence-corrected chi connectivity index (χ4v) is 3.21. The average molecular weight is 225 g/mol. The lowest BCUT2D eigenvalue weighted by molar-refractivity contribution is 0.271. The van der Waals surface area contributed by atoms with E-state index in [4.69, 9.17) is 4.98 Å². The number of nitrogens with zero attached hydrogens (tertiary/aromatic N) is 2. The van der Waals surface area contributed by atoms with E-state index in [0.717, 1.165) is 13.1 Å². The summed E-state index contributed by atoms with van der Waals surface area (Å²) in [5.74, 6) is 0. The Kier molecular flexibility index (Phi) is 3.72. The fraction of sp³-hybridized carbons (Fsp3) is 0.727. The third-order valence-corrected chi connectivity index (χ3v) is 3.98. The van der Waals surface area contributed by atoms with Crippen molar-refractivity contribution in [1.29, 1.82) is 0 Å².